The maximum atomic E-state index is 11.1. The smallest absolute Gasteiger partial charge is 0.152 e. The van der Waals surface area contributed by atoms with E-state index in [2.05, 4.69) is 28.5 Å². The van der Waals surface area contributed by atoms with E-state index >= 15 is 0 Å². The van der Waals surface area contributed by atoms with Gasteiger partial charge in [-0.15, -0.1) is 20.9 Å². The summed E-state index contributed by atoms with van der Waals surface area (Å²) in [6.45, 7) is 1.29. The zero-order valence-electron chi connectivity index (χ0n) is 7.36. The predicted molar refractivity (Wildman–Crippen MR) is 58.7 cm³/mol. The van der Waals surface area contributed by atoms with Crippen molar-refractivity contribution < 1.29 is 8.42 Å². The lowest BCUT2D eigenvalue weighted by molar-refractivity contribution is 0.485. The van der Waals surface area contributed by atoms with Gasteiger partial charge in [0.25, 0.3) is 0 Å². The number of sulfone groups is 1. The first-order chi connectivity index (χ1) is 5.31. The third-order valence-electron chi connectivity index (χ3n) is 1.94. The predicted octanol–water partition coefficient (Wildman–Crippen LogP) is 0.541. The molecule has 12 heavy (non-hydrogen) atoms. The first kappa shape index (κ1) is 10.7. The molecule has 0 N–H and O–H groups in total. The number of nitrogens with zero attached hydrogens (tertiary/aromatic N) is 1. The van der Waals surface area contributed by atoms with Crippen molar-refractivity contribution >= 4 is 30.7 Å². The summed E-state index contributed by atoms with van der Waals surface area (Å²) in [4.78, 5) is 0. The summed E-state index contributed by atoms with van der Waals surface area (Å²) >= 11 is 4.47. The van der Waals surface area contributed by atoms with E-state index in [9.17, 15) is 8.42 Å². The highest BCUT2D eigenvalue weighted by Gasteiger charge is 2.26. The minimum Gasteiger partial charge on any atom is -0.258 e. The van der Waals surface area contributed by atoms with Crippen molar-refractivity contribution in [1.29, 1.82) is 0 Å². The third kappa shape index (κ3) is 2.83. The first-order valence-corrected chi connectivity index (χ1v) is 9.00. The molecule has 1 aliphatic rings. The average Bonchev–Trinajstić information content (AvgIpc) is 1.83. The molecule has 0 atom stereocenters. The molecule has 0 saturated carbocycles. The van der Waals surface area contributed by atoms with E-state index in [1.165, 1.54) is 0 Å². The topological polar surface area (TPSA) is 37.4 Å². The highest BCUT2D eigenvalue weighted by Crippen LogP contribution is 2.48. The molecule has 0 radical (unpaired) electrons. The van der Waals surface area contributed by atoms with Crippen molar-refractivity contribution in [2.75, 3.05) is 37.1 Å². The molecule has 1 aliphatic heterocycles. The standard InChI is InChI=1S/C6H15NO2S3/c1-11(2,10)7-3-5-12(8,9)6-4-7/h10H,3-6H2,1-2H3. The van der Waals surface area contributed by atoms with Crippen LogP contribution in [0.5, 0.6) is 0 Å². The van der Waals surface area contributed by atoms with Crippen molar-refractivity contribution in [3.05, 3.63) is 0 Å². The van der Waals surface area contributed by atoms with Gasteiger partial charge in [-0.1, -0.05) is 0 Å². The lowest BCUT2D eigenvalue weighted by atomic mass is 10.6. The fourth-order valence-electron chi connectivity index (χ4n) is 1.14. The second kappa shape index (κ2) is 3.40. The number of hydrogen-bond acceptors (Lipinski definition) is 4. The first-order valence-electron chi connectivity index (χ1n) is 3.72. The fraction of sp³-hybridized carbons (Fsp3) is 1.00. The molecular weight excluding hydrogens is 214 g/mol. The van der Waals surface area contributed by atoms with Crippen molar-refractivity contribution in [2.45, 2.75) is 0 Å². The van der Waals surface area contributed by atoms with E-state index < -0.39 is 19.1 Å². The van der Waals surface area contributed by atoms with Gasteiger partial charge in [0.05, 0.1) is 11.5 Å². The molecule has 0 aromatic carbocycles. The molecule has 1 saturated heterocycles. The average molecular weight is 229 g/mol. The minimum absolute atomic E-state index is 0.296. The molecule has 1 rings (SSSR count). The van der Waals surface area contributed by atoms with Gasteiger partial charge < -0.3 is 0 Å². The second-order valence-electron chi connectivity index (χ2n) is 3.30. The van der Waals surface area contributed by atoms with E-state index in [0.717, 1.165) is 0 Å². The van der Waals surface area contributed by atoms with Crippen LogP contribution >= 0.6 is 20.9 Å². The van der Waals surface area contributed by atoms with Crippen molar-refractivity contribution in [3.8, 4) is 0 Å². The molecule has 3 nitrogen and oxygen atoms in total. The molecule has 1 fully saturated rings. The normalized spacial score (nSPS) is 26.9. The SMILES string of the molecule is CS(C)(S)N1CCS(=O)(=O)CC1. The van der Waals surface area contributed by atoms with Gasteiger partial charge in [-0.05, 0) is 12.5 Å². The molecular formula is C6H15NO2S3. The number of rotatable bonds is 1. The summed E-state index contributed by atoms with van der Waals surface area (Å²) in [5, 5.41) is 0. The van der Waals surface area contributed by atoms with E-state index in [1.807, 2.05) is 0 Å². The van der Waals surface area contributed by atoms with Gasteiger partial charge >= 0.3 is 0 Å². The maximum absolute atomic E-state index is 11.1. The number of thiol groups is 1. The van der Waals surface area contributed by atoms with E-state index in [-0.39, 0.29) is 0 Å². The Bertz CT molecular complexity index is 240. The van der Waals surface area contributed by atoms with Gasteiger partial charge in [0.15, 0.2) is 9.84 Å². The summed E-state index contributed by atoms with van der Waals surface area (Å²) in [5.74, 6) is 0.591. The van der Waals surface area contributed by atoms with Crippen LogP contribution < -0.4 is 0 Å². The van der Waals surface area contributed by atoms with Crippen molar-refractivity contribution in [3.63, 3.8) is 0 Å². The summed E-state index contributed by atoms with van der Waals surface area (Å²) in [6, 6.07) is 0. The molecule has 0 aliphatic carbocycles. The Hall–Kier alpha value is 0.610. The van der Waals surface area contributed by atoms with E-state index in [4.69, 9.17) is 0 Å². The molecule has 6 heteroatoms. The summed E-state index contributed by atoms with van der Waals surface area (Å²) in [7, 11) is -3.75. The lowest BCUT2D eigenvalue weighted by Crippen LogP contribution is -2.39. The molecule has 0 aromatic heterocycles. The molecule has 0 amide bonds. The Labute approximate surface area is 80.7 Å². The fourth-order valence-corrected chi connectivity index (χ4v) is 4.14. The van der Waals surface area contributed by atoms with Crippen LogP contribution in [0.15, 0.2) is 0 Å². The third-order valence-corrected chi connectivity index (χ3v) is 5.87. The Morgan fingerprint density at radius 2 is 1.67 bits per heavy atom. The zero-order chi connectivity index (χ0) is 9.41. The van der Waals surface area contributed by atoms with Crippen LogP contribution in [0.2, 0.25) is 0 Å². The highest BCUT2D eigenvalue weighted by molar-refractivity contribution is 8.86. The maximum Gasteiger partial charge on any atom is 0.152 e. The van der Waals surface area contributed by atoms with Crippen LogP contribution in [0.1, 0.15) is 0 Å². The molecule has 0 aromatic rings. The van der Waals surface area contributed by atoms with Crippen LogP contribution in [0, 0.1) is 0 Å². The van der Waals surface area contributed by atoms with Crippen LogP contribution in [0.4, 0.5) is 0 Å². The van der Waals surface area contributed by atoms with E-state index in [0.29, 0.717) is 24.6 Å². The van der Waals surface area contributed by atoms with Gasteiger partial charge in [-0.25, -0.2) is 8.42 Å². The molecule has 0 spiro atoms. The van der Waals surface area contributed by atoms with Gasteiger partial charge in [-0.2, -0.15) is 0 Å². The van der Waals surface area contributed by atoms with Gasteiger partial charge in [0, 0.05) is 13.1 Å². The van der Waals surface area contributed by atoms with E-state index in [1.54, 1.807) is 0 Å². The molecule has 1 heterocycles. The quantitative estimate of drug-likeness (QED) is 0.527. The Morgan fingerprint density at radius 1 is 1.25 bits per heavy atom. The van der Waals surface area contributed by atoms with Crippen molar-refractivity contribution in [1.82, 2.24) is 4.31 Å². The van der Waals surface area contributed by atoms with Crippen LogP contribution in [0.25, 0.3) is 0 Å². The largest absolute Gasteiger partial charge is 0.258 e. The lowest BCUT2D eigenvalue weighted by Gasteiger charge is -2.40. The molecule has 0 unspecified atom stereocenters. The molecule has 0 bridgehead atoms. The Morgan fingerprint density at radius 3 is 2.00 bits per heavy atom. The van der Waals surface area contributed by atoms with Crippen LogP contribution in [-0.2, 0) is 9.84 Å². The summed E-state index contributed by atoms with van der Waals surface area (Å²) in [5.41, 5.74) is 0. The summed E-state index contributed by atoms with van der Waals surface area (Å²) < 4.78 is 24.3. The van der Waals surface area contributed by atoms with Gasteiger partial charge in [0.2, 0.25) is 0 Å². The van der Waals surface area contributed by atoms with Gasteiger partial charge in [0.1, 0.15) is 0 Å². The van der Waals surface area contributed by atoms with Crippen molar-refractivity contribution in [2.24, 2.45) is 0 Å². The Kier molecular flexibility index (Phi) is 3.03. The second-order valence-corrected chi connectivity index (χ2v) is 11.2. The van der Waals surface area contributed by atoms with Gasteiger partial charge in [-0.3, -0.25) is 4.31 Å². The summed E-state index contributed by atoms with van der Waals surface area (Å²) in [6.07, 6.45) is 4.13. The molecule has 74 valence electrons. The zero-order valence-corrected chi connectivity index (χ0v) is 9.88. The Balaban J connectivity index is 2.58. The van der Waals surface area contributed by atoms with Crippen LogP contribution in [0.3, 0.4) is 0 Å². The monoisotopic (exact) mass is 229 g/mol. The van der Waals surface area contributed by atoms with Crippen LogP contribution in [-0.4, -0.2) is 49.8 Å². The minimum atomic E-state index is -2.74. The number of hydrogen-bond donors (Lipinski definition) is 1. The highest BCUT2D eigenvalue weighted by atomic mass is 33.1.